The molecule has 1 amide bonds. The Morgan fingerprint density at radius 1 is 0.871 bits per heavy atom. The molecule has 0 spiro atoms. The van der Waals surface area contributed by atoms with Crippen molar-refractivity contribution in [2.75, 3.05) is 17.2 Å². The second-order valence-corrected chi connectivity index (χ2v) is 8.16. The summed E-state index contributed by atoms with van der Waals surface area (Å²) < 4.78 is 11.1. The molecule has 0 bridgehead atoms. The van der Waals surface area contributed by atoms with Crippen molar-refractivity contribution in [2.24, 2.45) is 0 Å². The Kier molecular flexibility index (Phi) is 5.45. The predicted molar refractivity (Wildman–Crippen MR) is 113 cm³/mol. The third-order valence-corrected chi connectivity index (χ3v) is 4.60. The summed E-state index contributed by atoms with van der Waals surface area (Å²) in [6.45, 7) is 7.83. The fraction of sp³-hybridized carbons (Fsp3) is 0.350. The van der Waals surface area contributed by atoms with Crippen LogP contribution in [0.4, 0.5) is 22.7 Å². The lowest BCUT2D eigenvalue weighted by Crippen LogP contribution is -2.45. The van der Waals surface area contributed by atoms with Gasteiger partial charge in [0.05, 0.1) is 27.8 Å². The van der Waals surface area contributed by atoms with E-state index in [0.717, 1.165) is 0 Å². The van der Waals surface area contributed by atoms with Crippen LogP contribution in [0.2, 0.25) is 0 Å². The van der Waals surface area contributed by atoms with Crippen LogP contribution in [0, 0.1) is 20.2 Å². The van der Waals surface area contributed by atoms with Crippen LogP contribution >= 0.6 is 0 Å². The Morgan fingerprint density at radius 3 is 1.94 bits per heavy atom. The number of carbonyl (C=O) groups is 1. The summed E-state index contributed by atoms with van der Waals surface area (Å²) in [6, 6.07) is 8.66. The van der Waals surface area contributed by atoms with Gasteiger partial charge in [-0.1, -0.05) is 0 Å². The minimum atomic E-state index is -0.955. The molecule has 31 heavy (non-hydrogen) atoms. The number of benzene rings is 2. The SMILES string of the molecule is CC1(C)CNc2cc([N+](=O)[O-])ccc2O1.CC1(C)Oc2ccc([N+](=O)[O-])cc2NC1=O. The summed E-state index contributed by atoms with van der Waals surface area (Å²) in [7, 11) is 0. The van der Waals surface area contributed by atoms with Gasteiger partial charge in [0.25, 0.3) is 17.3 Å². The van der Waals surface area contributed by atoms with Crippen molar-refractivity contribution in [2.45, 2.75) is 38.9 Å². The van der Waals surface area contributed by atoms with Gasteiger partial charge in [-0.3, -0.25) is 25.0 Å². The van der Waals surface area contributed by atoms with Crippen molar-refractivity contribution < 1.29 is 24.1 Å². The predicted octanol–water partition coefficient (Wildman–Crippen LogP) is 3.88. The average Bonchev–Trinajstić information content (AvgIpc) is 2.67. The van der Waals surface area contributed by atoms with E-state index >= 15 is 0 Å². The number of nitrogens with zero attached hydrogens (tertiary/aromatic N) is 2. The lowest BCUT2D eigenvalue weighted by atomic mass is 10.1. The normalized spacial score (nSPS) is 17.1. The Bertz CT molecular complexity index is 1070. The zero-order valence-corrected chi connectivity index (χ0v) is 17.4. The molecule has 2 aromatic carbocycles. The molecule has 11 heteroatoms. The molecule has 2 aliphatic heterocycles. The van der Waals surface area contributed by atoms with E-state index in [-0.39, 0.29) is 22.9 Å². The van der Waals surface area contributed by atoms with Gasteiger partial charge >= 0.3 is 0 Å². The van der Waals surface area contributed by atoms with Crippen LogP contribution in [0.25, 0.3) is 0 Å². The van der Waals surface area contributed by atoms with Gasteiger partial charge in [0.1, 0.15) is 17.1 Å². The minimum Gasteiger partial charge on any atom is -0.484 e. The molecule has 2 aliphatic rings. The zero-order valence-electron chi connectivity index (χ0n) is 17.4. The second-order valence-electron chi connectivity index (χ2n) is 8.16. The molecule has 4 rings (SSSR count). The molecule has 2 heterocycles. The highest BCUT2D eigenvalue weighted by atomic mass is 16.6. The maximum absolute atomic E-state index is 11.6. The number of ether oxygens (including phenoxy) is 2. The maximum Gasteiger partial charge on any atom is 0.271 e. The molecule has 2 N–H and O–H groups in total. The number of fused-ring (bicyclic) bond motifs is 2. The number of nitro benzene ring substituents is 2. The molecule has 0 saturated carbocycles. The zero-order chi connectivity index (χ0) is 23.0. The van der Waals surface area contributed by atoms with Crippen molar-refractivity contribution in [3.05, 3.63) is 56.6 Å². The summed E-state index contributed by atoms with van der Waals surface area (Å²) in [6.07, 6.45) is 0. The molecule has 0 aliphatic carbocycles. The van der Waals surface area contributed by atoms with Crippen molar-refractivity contribution >= 4 is 28.7 Å². The first-order valence-electron chi connectivity index (χ1n) is 9.38. The molecular formula is C20H22N4O7. The van der Waals surface area contributed by atoms with Crippen LogP contribution in [0.3, 0.4) is 0 Å². The molecule has 0 aromatic heterocycles. The van der Waals surface area contributed by atoms with Gasteiger partial charge in [0, 0.05) is 24.3 Å². The number of hydrogen-bond acceptors (Lipinski definition) is 8. The Labute approximate surface area is 177 Å². The molecule has 0 radical (unpaired) electrons. The number of hydrogen-bond donors (Lipinski definition) is 2. The van der Waals surface area contributed by atoms with Gasteiger partial charge in [-0.05, 0) is 39.8 Å². The van der Waals surface area contributed by atoms with E-state index in [2.05, 4.69) is 10.6 Å². The van der Waals surface area contributed by atoms with Gasteiger partial charge in [0.15, 0.2) is 5.60 Å². The van der Waals surface area contributed by atoms with E-state index in [1.165, 1.54) is 30.3 Å². The molecule has 11 nitrogen and oxygen atoms in total. The number of nitrogens with one attached hydrogen (secondary N) is 2. The topological polar surface area (TPSA) is 146 Å². The smallest absolute Gasteiger partial charge is 0.271 e. The fourth-order valence-electron chi connectivity index (χ4n) is 2.91. The summed E-state index contributed by atoms with van der Waals surface area (Å²) in [4.78, 5) is 31.7. The Morgan fingerprint density at radius 2 is 1.39 bits per heavy atom. The van der Waals surface area contributed by atoms with E-state index < -0.39 is 15.4 Å². The number of non-ortho nitro benzene ring substituents is 2. The van der Waals surface area contributed by atoms with Crippen LogP contribution in [0.1, 0.15) is 27.7 Å². The third kappa shape index (κ3) is 4.82. The molecular weight excluding hydrogens is 408 g/mol. The van der Waals surface area contributed by atoms with Crippen LogP contribution in [-0.4, -0.2) is 33.5 Å². The highest BCUT2D eigenvalue weighted by Crippen LogP contribution is 2.36. The first kappa shape index (κ1) is 21.8. The van der Waals surface area contributed by atoms with Crippen molar-refractivity contribution in [1.29, 1.82) is 0 Å². The first-order chi connectivity index (χ1) is 14.4. The van der Waals surface area contributed by atoms with E-state index in [1.54, 1.807) is 19.9 Å². The maximum atomic E-state index is 11.6. The molecule has 0 atom stereocenters. The number of amides is 1. The highest BCUT2D eigenvalue weighted by molar-refractivity contribution is 6.00. The number of nitro groups is 2. The van der Waals surface area contributed by atoms with Crippen LogP contribution in [0.15, 0.2) is 36.4 Å². The number of anilines is 2. The number of carbonyl (C=O) groups excluding carboxylic acids is 1. The highest BCUT2D eigenvalue weighted by Gasteiger charge is 2.36. The number of rotatable bonds is 2. The summed E-state index contributed by atoms with van der Waals surface area (Å²) in [5.74, 6) is 0.785. The largest absolute Gasteiger partial charge is 0.484 e. The molecule has 0 unspecified atom stereocenters. The van der Waals surface area contributed by atoms with Gasteiger partial charge in [-0.15, -0.1) is 0 Å². The van der Waals surface area contributed by atoms with E-state index in [9.17, 15) is 25.0 Å². The van der Waals surface area contributed by atoms with Gasteiger partial charge < -0.3 is 20.1 Å². The lowest BCUT2D eigenvalue weighted by molar-refractivity contribution is -0.385. The quantitative estimate of drug-likeness (QED) is 0.539. The average molecular weight is 430 g/mol. The van der Waals surface area contributed by atoms with Crippen LogP contribution in [-0.2, 0) is 4.79 Å². The third-order valence-electron chi connectivity index (χ3n) is 4.60. The van der Waals surface area contributed by atoms with E-state index in [4.69, 9.17) is 9.47 Å². The van der Waals surface area contributed by atoms with E-state index in [1.807, 2.05) is 13.8 Å². The van der Waals surface area contributed by atoms with Crippen LogP contribution in [0.5, 0.6) is 11.5 Å². The Hall–Kier alpha value is -3.89. The summed E-state index contributed by atoms with van der Waals surface area (Å²) >= 11 is 0. The lowest BCUT2D eigenvalue weighted by Gasteiger charge is -2.33. The summed E-state index contributed by atoms with van der Waals surface area (Å²) in [5, 5.41) is 26.8. The molecule has 164 valence electrons. The van der Waals surface area contributed by atoms with Crippen LogP contribution < -0.4 is 20.1 Å². The standard InChI is InChI=1S/C10H10N2O4.C10H12N2O3/c1-10(2)9(13)11-7-5-6(12(14)15)3-4-8(7)16-10;1-10(2)6-11-8-5-7(12(13)14)3-4-9(8)15-10/h3-5H,1-2H3,(H,11,13);3-5,11H,6H2,1-2H3. The molecule has 0 saturated heterocycles. The molecule has 0 fully saturated rings. The second kappa shape index (κ2) is 7.74. The van der Waals surface area contributed by atoms with Gasteiger partial charge in [-0.25, -0.2) is 0 Å². The van der Waals surface area contributed by atoms with Crippen molar-refractivity contribution in [1.82, 2.24) is 0 Å². The summed E-state index contributed by atoms with van der Waals surface area (Å²) in [5.41, 5.74) is -0.222. The van der Waals surface area contributed by atoms with E-state index in [0.29, 0.717) is 29.4 Å². The van der Waals surface area contributed by atoms with Crippen molar-refractivity contribution in [3.8, 4) is 11.5 Å². The molecule has 2 aromatic rings. The monoisotopic (exact) mass is 430 g/mol. The minimum absolute atomic E-state index is 0.0737. The fourth-order valence-corrected chi connectivity index (χ4v) is 2.91. The van der Waals surface area contributed by atoms with Gasteiger partial charge in [-0.2, -0.15) is 0 Å². The first-order valence-corrected chi connectivity index (χ1v) is 9.38. The van der Waals surface area contributed by atoms with Crippen molar-refractivity contribution in [3.63, 3.8) is 0 Å². The van der Waals surface area contributed by atoms with Gasteiger partial charge in [0.2, 0.25) is 0 Å². The Balaban J connectivity index is 0.000000176.